The van der Waals surface area contributed by atoms with Crippen LogP contribution < -0.4 is 5.32 Å². The van der Waals surface area contributed by atoms with Crippen LogP contribution >= 0.6 is 15.9 Å². The molecule has 1 N–H and O–H groups in total. The summed E-state index contributed by atoms with van der Waals surface area (Å²) in [5.74, 6) is -0.165. The van der Waals surface area contributed by atoms with Crippen molar-refractivity contribution in [1.29, 1.82) is 0 Å². The van der Waals surface area contributed by atoms with Gasteiger partial charge in [0.1, 0.15) is 6.04 Å². The second-order valence-corrected chi connectivity index (χ2v) is 11.4. The van der Waals surface area contributed by atoms with Gasteiger partial charge in [0.25, 0.3) is 0 Å². The Balaban J connectivity index is 2.15. The molecule has 5 heteroatoms. The average Bonchev–Trinajstić information content (AvgIpc) is 2.69. The lowest BCUT2D eigenvalue weighted by Gasteiger charge is -2.31. The van der Waals surface area contributed by atoms with E-state index in [4.69, 9.17) is 0 Å². The van der Waals surface area contributed by atoms with Crippen LogP contribution in [0.5, 0.6) is 0 Å². The fourth-order valence-corrected chi connectivity index (χ4v) is 3.67. The lowest BCUT2D eigenvalue weighted by atomic mass is 9.86. The monoisotopic (exact) mass is 500 g/mol. The van der Waals surface area contributed by atoms with Crippen molar-refractivity contribution >= 4 is 27.7 Å². The maximum absolute atomic E-state index is 13.3. The first kappa shape index (κ1) is 26.1. The lowest BCUT2D eigenvalue weighted by molar-refractivity contribution is -0.141. The highest BCUT2D eigenvalue weighted by molar-refractivity contribution is 9.10. The molecule has 0 radical (unpaired) electrons. The van der Waals surface area contributed by atoms with Crippen LogP contribution in [-0.2, 0) is 28.0 Å². The maximum atomic E-state index is 13.3. The fourth-order valence-electron chi connectivity index (χ4n) is 3.41. The summed E-state index contributed by atoms with van der Waals surface area (Å²) in [6.45, 7) is 14.6. The number of nitrogens with one attached hydrogen (secondary N) is 1. The number of hydrogen-bond acceptors (Lipinski definition) is 2. The number of carbonyl (C=O) groups excluding carboxylic acids is 2. The molecule has 2 rings (SSSR count). The van der Waals surface area contributed by atoms with Crippen molar-refractivity contribution in [1.82, 2.24) is 10.2 Å². The molecule has 0 aliphatic rings. The molecule has 2 amide bonds. The minimum atomic E-state index is -0.561. The summed E-state index contributed by atoms with van der Waals surface area (Å²) in [6.07, 6.45) is 1.01. The van der Waals surface area contributed by atoms with E-state index in [0.717, 1.165) is 15.6 Å². The van der Waals surface area contributed by atoms with Crippen LogP contribution in [0.1, 0.15) is 71.6 Å². The topological polar surface area (TPSA) is 49.4 Å². The van der Waals surface area contributed by atoms with Gasteiger partial charge in [0.05, 0.1) is 0 Å². The van der Waals surface area contributed by atoms with E-state index < -0.39 is 6.04 Å². The second-order valence-electron chi connectivity index (χ2n) is 10.5. The van der Waals surface area contributed by atoms with Gasteiger partial charge in [0.2, 0.25) is 11.8 Å². The minimum Gasteiger partial charge on any atom is -0.350 e. The molecule has 32 heavy (non-hydrogen) atoms. The Kier molecular flexibility index (Phi) is 8.69. The van der Waals surface area contributed by atoms with E-state index in [1.807, 2.05) is 45.0 Å². The zero-order chi connectivity index (χ0) is 24.1. The molecular weight excluding hydrogens is 464 g/mol. The van der Waals surface area contributed by atoms with Crippen LogP contribution in [0.3, 0.4) is 0 Å². The number of carbonyl (C=O) groups is 2. The van der Waals surface area contributed by atoms with Crippen molar-refractivity contribution in [3.63, 3.8) is 0 Å². The normalized spacial score (nSPS) is 12.9. The molecule has 1 atom stereocenters. The van der Waals surface area contributed by atoms with E-state index in [1.54, 1.807) is 11.8 Å². The van der Waals surface area contributed by atoms with Crippen molar-refractivity contribution in [3.8, 4) is 0 Å². The first-order valence-corrected chi connectivity index (χ1v) is 12.0. The highest BCUT2D eigenvalue weighted by Gasteiger charge is 2.28. The van der Waals surface area contributed by atoms with Gasteiger partial charge in [0.15, 0.2) is 0 Å². The maximum Gasteiger partial charge on any atom is 0.242 e. The lowest BCUT2D eigenvalue weighted by Crippen LogP contribution is -2.52. The zero-order valence-corrected chi connectivity index (χ0v) is 22.0. The number of rotatable bonds is 7. The van der Waals surface area contributed by atoms with Crippen molar-refractivity contribution in [2.24, 2.45) is 0 Å². The Morgan fingerprint density at radius 1 is 0.906 bits per heavy atom. The predicted molar refractivity (Wildman–Crippen MR) is 136 cm³/mol. The Labute approximate surface area is 201 Å². The largest absolute Gasteiger partial charge is 0.350 e. The number of aryl methyl sites for hydroxylation is 1. The molecular formula is C27H37BrN2O2. The number of benzene rings is 2. The van der Waals surface area contributed by atoms with Crippen LogP contribution in [0.4, 0.5) is 0 Å². The molecule has 0 aliphatic heterocycles. The van der Waals surface area contributed by atoms with Gasteiger partial charge in [-0.3, -0.25) is 9.59 Å². The van der Waals surface area contributed by atoms with E-state index in [0.29, 0.717) is 19.4 Å². The quantitative estimate of drug-likeness (QED) is 0.505. The summed E-state index contributed by atoms with van der Waals surface area (Å²) in [5, 5.41) is 3.00. The van der Waals surface area contributed by atoms with Crippen LogP contribution in [-0.4, -0.2) is 28.3 Å². The van der Waals surface area contributed by atoms with Crippen molar-refractivity contribution in [2.45, 2.75) is 84.8 Å². The molecule has 174 valence electrons. The van der Waals surface area contributed by atoms with Gasteiger partial charge in [0, 0.05) is 23.0 Å². The van der Waals surface area contributed by atoms with Gasteiger partial charge in [-0.25, -0.2) is 0 Å². The van der Waals surface area contributed by atoms with Crippen LogP contribution in [0.2, 0.25) is 0 Å². The van der Waals surface area contributed by atoms with Gasteiger partial charge in [-0.05, 0) is 68.4 Å². The summed E-state index contributed by atoms with van der Waals surface area (Å²) in [7, 11) is 0. The Morgan fingerprint density at radius 3 is 1.94 bits per heavy atom. The zero-order valence-electron chi connectivity index (χ0n) is 20.5. The minimum absolute atomic E-state index is 0.0237. The van der Waals surface area contributed by atoms with E-state index >= 15 is 0 Å². The molecule has 2 aromatic rings. The second kappa shape index (κ2) is 10.7. The SMILES string of the molecule is C[C@H](C(=O)NC(C)(C)C)N(Cc1ccc(Br)cc1)C(=O)CCc1ccc(C(C)(C)C)cc1. The number of nitrogens with zero attached hydrogens (tertiary/aromatic N) is 1. The van der Waals surface area contributed by atoms with Crippen LogP contribution in [0.15, 0.2) is 53.0 Å². The predicted octanol–water partition coefficient (Wildman–Crippen LogP) is 6.01. The van der Waals surface area contributed by atoms with Crippen molar-refractivity contribution in [2.75, 3.05) is 0 Å². The van der Waals surface area contributed by atoms with Gasteiger partial charge < -0.3 is 10.2 Å². The van der Waals surface area contributed by atoms with Crippen molar-refractivity contribution < 1.29 is 9.59 Å². The number of amides is 2. The summed E-state index contributed by atoms with van der Waals surface area (Å²) < 4.78 is 0.983. The van der Waals surface area contributed by atoms with Gasteiger partial charge in [-0.1, -0.05) is 73.1 Å². The average molecular weight is 502 g/mol. The number of hydrogen-bond donors (Lipinski definition) is 1. The third kappa shape index (κ3) is 8.09. The fraction of sp³-hybridized carbons (Fsp3) is 0.481. The van der Waals surface area contributed by atoms with E-state index in [1.165, 1.54) is 5.56 Å². The van der Waals surface area contributed by atoms with Crippen LogP contribution in [0, 0.1) is 0 Å². The van der Waals surface area contributed by atoms with E-state index in [2.05, 4.69) is 66.3 Å². The standard InChI is InChI=1S/C27H37BrN2O2/c1-19(25(32)29-27(5,6)7)30(18-21-10-15-23(28)16-11-21)24(31)17-12-20-8-13-22(14-9-20)26(2,3)4/h8-11,13-16,19H,12,17-18H2,1-7H3,(H,29,32)/t19-/m1/s1. The Morgan fingerprint density at radius 2 is 1.44 bits per heavy atom. The molecule has 4 nitrogen and oxygen atoms in total. The molecule has 0 fully saturated rings. The van der Waals surface area contributed by atoms with Gasteiger partial charge in [-0.2, -0.15) is 0 Å². The molecule has 0 unspecified atom stereocenters. The summed E-state index contributed by atoms with van der Waals surface area (Å²) in [6, 6.07) is 15.8. The smallest absolute Gasteiger partial charge is 0.242 e. The third-order valence-electron chi connectivity index (χ3n) is 5.38. The number of halogens is 1. The molecule has 0 aromatic heterocycles. The first-order chi connectivity index (χ1) is 14.8. The van der Waals surface area contributed by atoms with E-state index in [9.17, 15) is 9.59 Å². The Bertz CT molecular complexity index is 907. The first-order valence-electron chi connectivity index (χ1n) is 11.2. The molecule has 0 spiro atoms. The molecule has 0 heterocycles. The van der Waals surface area contributed by atoms with Crippen LogP contribution in [0.25, 0.3) is 0 Å². The van der Waals surface area contributed by atoms with Crippen molar-refractivity contribution in [3.05, 3.63) is 69.7 Å². The highest BCUT2D eigenvalue weighted by atomic mass is 79.9. The molecule has 0 saturated carbocycles. The summed E-state index contributed by atoms with van der Waals surface area (Å²) >= 11 is 3.45. The Hall–Kier alpha value is -2.14. The van der Waals surface area contributed by atoms with Gasteiger partial charge in [-0.15, -0.1) is 0 Å². The van der Waals surface area contributed by atoms with Gasteiger partial charge >= 0.3 is 0 Å². The summed E-state index contributed by atoms with van der Waals surface area (Å²) in [4.78, 5) is 27.8. The van der Waals surface area contributed by atoms with E-state index in [-0.39, 0.29) is 22.8 Å². The molecule has 0 aliphatic carbocycles. The third-order valence-corrected chi connectivity index (χ3v) is 5.91. The molecule has 0 saturated heterocycles. The summed E-state index contributed by atoms with van der Waals surface area (Å²) in [5.41, 5.74) is 3.14. The molecule has 0 bridgehead atoms. The molecule has 2 aromatic carbocycles. The highest BCUT2D eigenvalue weighted by Crippen LogP contribution is 2.23.